The molecule has 0 aliphatic carbocycles. The van der Waals surface area contributed by atoms with E-state index in [0.717, 1.165) is 11.8 Å². The van der Waals surface area contributed by atoms with Crippen LogP contribution in [0.5, 0.6) is 0 Å². The average Bonchev–Trinajstić information content (AvgIpc) is 2.57. The van der Waals surface area contributed by atoms with Crippen molar-refractivity contribution in [2.24, 2.45) is 0 Å². The summed E-state index contributed by atoms with van der Waals surface area (Å²) < 4.78 is 12.7. The van der Waals surface area contributed by atoms with Gasteiger partial charge in [0.05, 0.1) is 4.91 Å². The lowest BCUT2D eigenvalue weighted by Gasteiger charge is -1.97. The highest BCUT2D eigenvalue weighted by Crippen LogP contribution is 2.37. The fraction of sp³-hybridized carbons (Fsp3) is 0.0769. The molecule has 0 radical (unpaired) electrons. The number of carbonyl (C=O) groups excluding carboxylic acids is 2. The zero-order valence-electron chi connectivity index (χ0n) is 9.44. The van der Waals surface area contributed by atoms with Gasteiger partial charge in [-0.1, -0.05) is 12.1 Å². The van der Waals surface area contributed by atoms with Crippen molar-refractivity contribution in [1.82, 2.24) is 0 Å². The Morgan fingerprint density at radius 2 is 1.94 bits per heavy atom. The maximum Gasteiger partial charge on any atom is 0.231 e. The molecule has 0 saturated carbocycles. The second kappa shape index (κ2) is 4.78. The molecule has 92 valence electrons. The van der Waals surface area contributed by atoms with Gasteiger partial charge in [-0.15, -0.1) is 0 Å². The number of aliphatic hydroxyl groups is 1. The first-order chi connectivity index (χ1) is 8.49. The fourth-order valence-electron chi connectivity index (χ4n) is 1.54. The summed E-state index contributed by atoms with van der Waals surface area (Å²) in [6.45, 7) is 1.23. The van der Waals surface area contributed by atoms with E-state index in [2.05, 4.69) is 0 Å². The van der Waals surface area contributed by atoms with E-state index in [0.29, 0.717) is 10.5 Å². The molecule has 0 atom stereocenters. The van der Waals surface area contributed by atoms with Crippen molar-refractivity contribution < 1.29 is 19.1 Å². The number of hydrogen-bond donors (Lipinski definition) is 1. The number of Topliss-reactive ketones (excluding diaryl/α,β-unsaturated/α-hetero) is 1. The van der Waals surface area contributed by atoms with Crippen molar-refractivity contribution in [3.63, 3.8) is 0 Å². The zero-order chi connectivity index (χ0) is 13.3. The second-order valence-electron chi connectivity index (χ2n) is 3.73. The maximum atomic E-state index is 12.7. The van der Waals surface area contributed by atoms with Gasteiger partial charge in [0.25, 0.3) is 0 Å². The molecule has 0 spiro atoms. The van der Waals surface area contributed by atoms with Crippen molar-refractivity contribution >= 4 is 28.7 Å². The monoisotopic (exact) mass is 264 g/mol. The minimum atomic E-state index is -0.465. The summed E-state index contributed by atoms with van der Waals surface area (Å²) in [5, 5.41) is 9.32. The molecule has 0 bridgehead atoms. The highest BCUT2D eigenvalue weighted by molar-refractivity contribution is 8.18. The van der Waals surface area contributed by atoms with Crippen LogP contribution in [-0.2, 0) is 9.59 Å². The van der Waals surface area contributed by atoms with Crippen LogP contribution in [-0.4, -0.2) is 16.0 Å². The lowest BCUT2D eigenvalue weighted by Crippen LogP contribution is -2.03. The van der Waals surface area contributed by atoms with Gasteiger partial charge in [0.2, 0.25) is 5.12 Å². The van der Waals surface area contributed by atoms with Crippen LogP contribution in [0.25, 0.3) is 6.08 Å². The molecule has 1 aromatic rings. The highest BCUT2D eigenvalue weighted by Gasteiger charge is 2.31. The van der Waals surface area contributed by atoms with Crippen LogP contribution in [0.4, 0.5) is 4.39 Å². The number of rotatable bonds is 2. The van der Waals surface area contributed by atoms with Crippen molar-refractivity contribution in [3.8, 4) is 0 Å². The molecule has 0 aromatic heterocycles. The average molecular weight is 264 g/mol. The number of aliphatic hydroxyl groups excluding tert-OH is 1. The zero-order valence-corrected chi connectivity index (χ0v) is 10.3. The van der Waals surface area contributed by atoms with Gasteiger partial charge < -0.3 is 5.11 Å². The first kappa shape index (κ1) is 12.6. The van der Waals surface area contributed by atoms with Crippen molar-refractivity contribution in [1.29, 1.82) is 0 Å². The summed E-state index contributed by atoms with van der Waals surface area (Å²) in [4.78, 5) is 23.0. The lowest BCUT2D eigenvalue weighted by molar-refractivity contribution is -0.116. The maximum absolute atomic E-state index is 12.7. The Kier molecular flexibility index (Phi) is 3.34. The van der Waals surface area contributed by atoms with Crippen LogP contribution < -0.4 is 0 Å². The van der Waals surface area contributed by atoms with E-state index in [9.17, 15) is 19.1 Å². The van der Waals surface area contributed by atoms with Crippen molar-refractivity contribution in [2.75, 3.05) is 0 Å². The summed E-state index contributed by atoms with van der Waals surface area (Å²) in [5.74, 6) is -1.13. The second-order valence-corrected chi connectivity index (χ2v) is 4.74. The molecular formula is C13H9FO3S. The lowest BCUT2D eigenvalue weighted by atomic mass is 10.1. The SMILES string of the molecule is CC(=O)C1=C(O)C(=Cc2ccc(F)cc2)SC1=O. The predicted molar refractivity (Wildman–Crippen MR) is 67.3 cm³/mol. The highest BCUT2D eigenvalue weighted by atomic mass is 32.2. The minimum absolute atomic E-state index is 0.187. The Bertz CT molecular complexity index is 585. The Balaban J connectivity index is 2.39. The first-order valence-corrected chi connectivity index (χ1v) is 5.94. The van der Waals surface area contributed by atoms with Crippen LogP contribution in [0, 0.1) is 5.82 Å². The van der Waals surface area contributed by atoms with Crippen LogP contribution in [0.3, 0.4) is 0 Å². The Labute approximate surface area is 107 Å². The molecule has 0 fully saturated rings. The molecule has 2 rings (SSSR count). The summed E-state index contributed by atoms with van der Waals surface area (Å²) in [6.07, 6.45) is 1.54. The normalized spacial score (nSPS) is 17.7. The number of hydrogen-bond acceptors (Lipinski definition) is 4. The molecule has 5 heteroatoms. The molecule has 1 heterocycles. The Hall–Kier alpha value is -1.88. The molecule has 0 saturated heterocycles. The first-order valence-electron chi connectivity index (χ1n) is 5.13. The molecule has 1 aliphatic rings. The number of benzene rings is 1. The number of halogens is 1. The van der Waals surface area contributed by atoms with Crippen LogP contribution >= 0.6 is 11.8 Å². The van der Waals surface area contributed by atoms with E-state index >= 15 is 0 Å². The summed E-state index contributed by atoms with van der Waals surface area (Å²) >= 11 is 0.793. The summed E-state index contributed by atoms with van der Waals surface area (Å²) in [6, 6.07) is 5.60. The van der Waals surface area contributed by atoms with Gasteiger partial charge in [-0.05, 0) is 42.5 Å². The largest absolute Gasteiger partial charge is 0.506 e. The standard InChI is InChI=1S/C13H9FO3S/c1-7(15)11-12(16)10(18-13(11)17)6-8-2-4-9(14)5-3-8/h2-6,16H,1H3. The van der Waals surface area contributed by atoms with E-state index < -0.39 is 10.9 Å². The van der Waals surface area contributed by atoms with Gasteiger partial charge in [-0.25, -0.2) is 4.39 Å². The van der Waals surface area contributed by atoms with Gasteiger partial charge in [0.15, 0.2) is 5.78 Å². The smallest absolute Gasteiger partial charge is 0.231 e. The van der Waals surface area contributed by atoms with Crippen LogP contribution in [0.1, 0.15) is 12.5 Å². The van der Waals surface area contributed by atoms with Gasteiger partial charge in [0, 0.05) is 0 Å². The summed E-state index contributed by atoms with van der Waals surface area (Å²) in [7, 11) is 0. The Morgan fingerprint density at radius 1 is 1.33 bits per heavy atom. The van der Waals surface area contributed by atoms with Gasteiger partial charge in [-0.3, -0.25) is 9.59 Å². The van der Waals surface area contributed by atoms with E-state index in [4.69, 9.17) is 0 Å². The third-order valence-corrected chi connectivity index (χ3v) is 3.32. The predicted octanol–water partition coefficient (Wildman–Crippen LogP) is 2.84. The topological polar surface area (TPSA) is 54.4 Å². The Morgan fingerprint density at radius 3 is 2.44 bits per heavy atom. The third-order valence-electron chi connectivity index (χ3n) is 2.40. The van der Waals surface area contributed by atoms with Crippen LogP contribution in [0.2, 0.25) is 0 Å². The molecule has 1 N–H and O–H groups in total. The molecule has 18 heavy (non-hydrogen) atoms. The third kappa shape index (κ3) is 2.36. The summed E-state index contributed by atoms with van der Waals surface area (Å²) in [5.41, 5.74) is 0.455. The molecule has 1 aromatic carbocycles. The molecule has 1 aliphatic heterocycles. The van der Waals surface area contributed by atoms with Gasteiger partial charge >= 0.3 is 0 Å². The van der Waals surface area contributed by atoms with E-state index in [-0.39, 0.29) is 17.1 Å². The van der Waals surface area contributed by atoms with Gasteiger partial charge in [0.1, 0.15) is 17.1 Å². The van der Waals surface area contributed by atoms with Crippen LogP contribution in [0.15, 0.2) is 40.5 Å². The molecule has 0 unspecified atom stereocenters. The molecule has 0 amide bonds. The molecular weight excluding hydrogens is 255 g/mol. The van der Waals surface area contributed by atoms with Crippen molar-refractivity contribution in [2.45, 2.75) is 6.92 Å². The van der Waals surface area contributed by atoms with E-state index in [1.54, 1.807) is 0 Å². The number of ketones is 1. The minimum Gasteiger partial charge on any atom is -0.506 e. The number of thioether (sulfide) groups is 1. The van der Waals surface area contributed by atoms with Gasteiger partial charge in [-0.2, -0.15) is 0 Å². The molecule has 3 nitrogen and oxygen atoms in total. The number of carbonyl (C=O) groups is 2. The van der Waals surface area contributed by atoms with E-state index in [1.807, 2.05) is 0 Å². The fourth-order valence-corrected chi connectivity index (χ4v) is 2.47. The van der Waals surface area contributed by atoms with Crippen molar-refractivity contribution in [3.05, 3.63) is 51.9 Å². The quantitative estimate of drug-likeness (QED) is 0.834. The van der Waals surface area contributed by atoms with E-state index in [1.165, 1.54) is 37.3 Å².